The van der Waals surface area contributed by atoms with E-state index in [9.17, 15) is 0 Å². The van der Waals surface area contributed by atoms with Gasteiger partial charge in [-0.1, -0.05) is 17.7 Å². The Morgan fingerprint density at radius 3 is 2.82 bits per heavy atom. The molecule has 90 valence electrons. The Morgan fingerprint density at radius 2 is 2.18 bits per heavy atom. The van der Waals surface area contributed by atoms with Gasteiger partial charge in [0.1, 0.15) is 0 Å². The quantitative estimate of drug-likeness (QED) is 0.874. The molecule has 1 aromatic carbocycles. The first kappa shape index (κ1) is 11.7. The lowest BCUT2D eigenvalue weighted by Gasteiger charge is -2.06. The monoisotopic (exact) mass is 251 g/mol. The molecule has 2 N–H and O–H groups in total. The molecule has 17 heavy (non-hydrogen) atoms. The molecule has 0 fully saturated rings. The zero-order valence-corrected chi connectivity index (χ0v) is 10.5. The van der Waals surface area contributed by atoms with Crippen LogP contribution in [0.25, 0.3) is 0 Å². The number of halogens is 1. The second kappa shape index (κ2) is 5.05. The van der Waals surface area contributed by atoms with E-state index in [0.29, 0.717) is 11.6 Å². The van der Waals surface area contributed by atoms with E-state index in [0.717, 1.165) is 17.5 Å². The van der Waals surface area contributed by atoms with Crippen molar-refractivity contribution in [3.63, 3.8) is 0 Å². The molecule has 6 heteroatoms. The number of nitrogens with one attached hydrogen (secondary N) is 2. The van der Waals surface area contributed by atoms with E-state index in [2.05, 4.69) is 20.8 Å². The summed E-state index contributed by atoms with van der Waals surface area (Å²) in [5.74, 6) is 1.60. The molecule has 0 unspecified atom stereocenters. The van der Waals surface area contributed by atoms with E-state index >= 15 is 0 Å². The molecule has 0 aliphatic carbocycles. The number of rotatable bonds is 4. The largest absolute Gasteiger partial charge is 0.378 e. The number of anilines is 2. The third-order valence-electron chi connectivity index (χ3n) is 2.46. The SMILES string of the molecule is CNc1nnc(CNc2cccc(Cl)c2)n1C. The molecule has 0 spiro atoms. The third kappa shape index (κ3) is 2.68. The van der Waals surface area contributed by atoms with E-state index in [1.165, 1.54) is 0 Å². The van der Waals surface area contributed by atoms with Crippen LogP contribution in [0.4, 0.5) is 11.6 Å². The first-order valence-corrected chi connectivity index (χ1v) is 5.64. The molecule has 2 rings (SSSR count). The standard InChI is InChI=1S/C11H14ClN5/c1-13-11-16-15-10(17(11)2)7-14-9-5-3-4-8(12)6-9/h3-6,14H,7H2,1-2H3,(H,13,16). The maximum absolute atomic E-state index is 5.90. The molecule has 0 aliphatic heterocycles. The van der Waals surface area contributed by atoms with Crippen LogP contribution in [0.2, 0.25) is 5.02 Å². The van der Waals surface area contributed by atoms with Gasteiger partial charge >= 0.3 is 0 Å². The van der Waals surface area contributed by atoms with E-state index in [-0.39, 0.29) is 0 Å². The van der Waals surface area contributed by atoms with Gasteiger partial charge in [-0.25, -0.2) is 0 Å². The third-order valence-corrected chi connectivity index (χ3v) is 2.70. The van der Waals surface area contributed by atoms with Crippen molar-refractivity contribution in [3.05, 3.63) is 35.1 Å². The van der Waals surface area contributed by atoms with Crippen molar-refractivity contribution in [1.29, 1.82) is 0 Å². The van der Waals surface area contributed by atoms with Crippen LogP contribution in [0.15, 0.2) is 24.3 Å². The zero-order chi connectivity index (χ0) is 12.3. The van der Waals surface area contributed by atoms with Crippen LogP contribution in [-0.4, -0.2) is 21.8 Å². The highest BCUT2D eigenvalue weighted by atomic mass is 35.5. The number of hydrogen-bond acceptors (Lipinski definition) is 4. The van der Waals surface area contributed by atoms with E-state index in [1.807, 2.05) is 42.9 Å². The molecule has 0 bridgehead atoms. The van der Waals surface area contributed by atoms with Gasteiger partial charge in [-0.3, -0.25) is 4.57 Å². The van der Waals surface area contributed by atoms with Crippen molar-refractivity contribution in [2.24, 2.45) is 7.05 Å². The van der Waals surface area contributed by atoms with Crippen molar-refractivity contribution >= 4 is 23.2 Å². The van der Waals surface area contributed by atoms with Gasteiger partial charge in [-0.05, 0) is 18.2 Å². The summed E-state index contributed by atoms with van der Waals surface area (Å²) in [7, 11) is 3.74. The van der Waals surface area contributed by atoms with Gasteiger partial charge in [0, 0.05) is 24.8 Å². The average Bonchev–Trinajstić information content (AvgIpc) is 2.67. The van der Waals surface area contributed by atoms with Gasteiger partial charge in [0.05, 0.1) is 6.54 Å². The number of hydrogen-bond donors (Lipinski definition) is 2. The second-order valence-corrected chi connectivity index (χ2v) is 4.05. The molecule has 0 amide bonds. The molecule has 0 saturated heterocycles. The number of aromatic nitrogens is 3. The van der Waals surface area contributed by atoms with Crippen LogP contribution in [-0.2, 0) is 13.6 Å². The van der Waals surface area contributed by atoms with Gasteiger partial charge in [-0.15, -0.1) is 10.2 Å². The normalized spacial score (nSPS) is 10.3. The molecule has 1 aromatic heterocycles. The fourth-order valence-electron chi connectivity index (χ4n) is 1.51. The molecule has 0 atom stereocenters. The van der Waals surface area contributed by atoms with Gasteiger partial charge in [0.2, 0.25) is 5.95 Å². The predicted octanol–water partition coefficient (Wildman–Crippen LogP) is 2.12. The zero-order valence-electron chi connectivity index (χ0n) is 9.74. The highest BCUT2D eigenvalue weighted by Gasteiger charge is 2.06. The highest BCUT2D eigenvalue weighted by Crippen LogP contribution is 2.15. The summed E-state index contributed by atoms with van der Waals surface area (Å²) in [4.78, 5) is 0. The molecule has 0 saturated carbocycles. The Kier molecular flexibility index (Phi) is 3.49. The van der Waals surface area contributed by atoms with Crippen molar-refractivity contribution in [2.75, 3.05) is 17.7 Å². The molecular weight excluding hydrogens is 238 g/mol. The Morgan fingerprint density at radius 1 is 1.35 bits per heavy atom. The molecular formula is C11H14ClN5. The minimum atomic E-state index is 0.603. The predicted molar refractivity (Wildman–Crippen MR) is 69.3 cm³/mol. The minimum Gasteiger partial charge on any atom is -0.378 e. The summed E-state index contributed by atoms with van der Waals surface area (Å²) < 4.78 is 1.90. The summed E-state index contributed by atoms with van der Waals surface area (Å²) in [5, 5.41) is 15.0. The fraction of sp³-hybridized carbons (Fsp3) is 0.273. The Hall–Kier alpha value is -1.75. The van der Waals surface area contributed by atoms with Gasteiger partial charge < -0.3 is 10.6 Å². The maximum atomic E-state index is 5.90. The topological polar surface area (TPSA) is 54.8 Å². The first-order chi connectivity index (χ1) is 8.20. The van der Waals surface area contributed by atoms with Gasteiger partial charge in [-0.2, -0.15) is 0 Å². The molecule has 2 aromatic rings. The fourth-order valence-corrected chi connectivity index (χ4v) is 1.70. The molecule has 5 nitrogen and oxygen atoms in total. The van der Waals surface area contributed by atoms with E-state index in [4.69, 9.17) is 11.6 Å². The molecule has 1 heterocycles. The van der Waals surface area contributed by atoms with Crippen molar-refractivity contribution < 1.29 is 0 Å². The van der Waals surface area contributed by atoms with E-state index in [1.54, 1.807) is 0 Å². The summed E-state index contributed by atoms with van der Waals surface area (Å²) in [6, 6.07) is 7.58. The highest BCUT2D eigenvalue weighted by molar-refractivity contribution is 6.30. The van der Waals surface area contributed by atoms with Gasteiger partial charge in [0.25, 0.3) is 0 Å². The van der Waals surface area contributed by atoms with Crippen molar-refractivity contribution in [3.8, 4) is 0 Å². The molecule has 0 radical (unpaired) electrons. The Labute approximate surface area is 105 Å². The summed E-state index contributed by atoms with van der Waals surface area (Å²) in [5.41, 5.74) is 0.964. The Bertz CT molecular complexity index is 508. The van der Waals surface area contributed by atoms with E-state index < -0.39 is 0 Å². The molecule has 0 aliphatic rings. The van der Waals surface area contributed by atoms with Crippen molar-refractivity contribution in [2.45, 2.75) is 6.54 Å². The van der Waals surface area contributed by atoms with Crippen LogP contribution in [0.3, 0.4) is 0 Å². The lowest BCUT2D eigenvalue weighted by molar-refractivity contribution is 0.816. The average molecular weight is 252 g/mol. The van der Waals surface area contributed by atoms with Crippen LogP contribution < -0.4 is 10.6 Å². The van der Waals surface area contributed by atoms with Gasteiger partial charge in [0.15, 0.2) is 5.82 Å². The summed E-state index contributed by atoms with van der Waals surface area (Å²) >= 11 is 5.90. The smallest absolute Gasteiger partial charge is 0.224 e. The van der Waals surface area contributed by atoms with Crippen LogP contribution in [0, 0.1) is 0 Å². The first-order valence-electron chi connectivity index (χ1n) is 5.26. The minimum absolute atomic E-state index is 0.603. The van der Waals surface area contributed by atoms with Crippen LogP contribution in [0.5, 0.6) is 0 Å². The Balaban J connectivity index is 2.05. The lowest BCUT2D eigenvalue weighted by Crippen LogP contribution is -2.07. The number of nitrogens with zero attached hydrogens (tertiary/aromatic N) is 3. The second-order valence-electron chi connectivity index (χ2n) is 3.61. The van der Waals surface area contributed by atoms with Crippen molar-refractivity contribution in [1.82, 2.24) is 14.8 Å². The lowest BCUT2D eigenvalue weighted by atomic mass is 10.3. The number of benzene rings is 1. The maximum Gasteiger partial charge on any atom is 0.224 e. The summed E-state index contributed by atoms with van der Waals surface area (Å²) in [6.45, 7) is 0.603. The summed E-state index contributed by atoms with van der Waals surface area (Å²) in [6.07, 6.45) is 0. The van der Waals surface area contributed by atoms with Crippen LogP contribution in [0.1, 0.15) is 5.82 Å². The van der Waals surface area contributed by atoms with Crippen LogP contribution >= 0.6 is 11.6 Å².